The topological polar surface area (TPSA) is 38.3 Å². The fourth-order valence-electron chi connectivity index (χ4n) is 4.06. The summed E-state index contributed by atoms with van der Waals surface area (Å²) >= 11 is 0. The first-order valence-electron chi connectivity index (χ1n) is 12.2. The van der Waals surface area contributed by atoms with Crippen molar-refractivity contribution in [2.75, 3.05) is 6.16 Å². The maximum absolute atomic E-state index is 13.4. The van der Waals surface area contributed by atoms with E-state index >= 15 is 0 Å². The van der Waals surface area contributed by atoms with Crippen molar-refractivity contribution in [3.63, 3.8) is 0 Å². The van der Waals surface area contributed by atoms with E-state index < -0.39 is 63.3 Å². The molecule has 0 aliphatic carbocycles. The largest absolute Gasteiger partial charge is 0.416 e. The van der Waals surface area contributed by atoms with Crippen LogP contribution in [0, 0.1) is 0 Å². The van der Waals surface area contributed by atoms with Gasteiger partial charge in [0.1, 0.15) is 0 Å². The van der Waals surface area contributed by atoms with Crippen LogP contribution in [0.5, 0.6) is 0 Å². The van der Waals surface area contributed by atoms with Gasteiger partial charge in [0, 0.05) is 5.56 Å². The molecule has 0 heterocycles. The van der Waals surface area contributed by atoms with Crippen molar-refractivity contribution in [1.82, 2.24) is 5.32 Å². The molecule has 0 unspecified atom stereocenters. The van der Waals surface area contributed by atoms with E-state index in [0.717, 1.165) is 10.6 Å². The predicted octanol–water partition coefficient (Wildman–Crippen LogP) is 7.20. The number of hydrogen-bond acceptors (Lipinski definition) is 2. The standard InChI is InChI=1S/C28H30F6NO2PSi/c1-19(37-39(2,3)4)25(18-38(23-11-7-5-8-12-23)24-13-9-6-10-14-24)35-26(36)20-15-21(27(29,30)31)17-22(16-20)28(32,33)34/h5-17,19,25H,18H2,1-4H3,(H,35,36)/t19-,25-/m1/s1. The molecule has 3 aromatic rings. The van der Waals surface area contributed by atoms with Crippen LogP contribution in [0.4, 0.5) is 26.3 Å². The van der Waals surface area contributed by atoms with Gasteiger partial charge < -0.3 is 9.74 Å². The van der Waals surface area contributed by atoms with E-state index in [1.54, 1.807) is 6.92 Å². The number of rotatable bonds is 9. The fourth-order valence-corrected chi connectivity index (χ4v) is 7.91. The molecule has 3 nitrogen and oxygen atoms in total. The zero-order valence-electron chi connectivity index (χ0n) is 21.9. The molecule has 0 bridgehead atoms. The van der Waals surface area contributed by atoms with Gasteiger partial charge in [-0.1, -0.05) is 60.7 Å². The van der Waals surface area contributed by atoms with Crippen LogP contribution >= 0.6 is 7.92 Å². The van der Waals surface area contributed by atoms with Crippen LogP contribution in [0.1, 0.15) is 28.4 Å². The summed E-state index contributed by atoms with van der Waals surface area (Å²) in [7, 11) is -3.18. The zero-order chi connectivity index (χ0) is 29.0. The zero-order valence-corrected chi connectivity index (χ0v) is 23.8. The summed E-state index contributed by atoms with van der Waals surface area (Å²) in [6, 6.07) is 19.4. The second kappa shape index (κ2) is 12.2. The van der Waals surface area contributed by atoms with Crippen molar-refractivity contribution in [2.24, 2.45) is 0 Å². The summed E-state index contributed by atoms with van der Waals surface area (Å²) < 4.78 is 86.7. The van der Waals surface area contributed by atoms with Gasteiger partial charge in [0.05, 0.1) is 23.3 Å². The highest BCUT2D eigenvalue weighted by molar-refractivity contribution is 7.73. The molecule has 2 atom stereocenters. The predicted molar refractivity (Wildman–Crippen MR) is 146 cm³/mol. The normalized spacial score (nSPS) is 14.2. The summed E-state index contributed by atoms with van der Waals surface area (Å²) in [4.78, 5) is 13.3. The van der Waals surface area contributed by atoms with Gasteiger partial charge in [-0.25, -0.2) is 0 Å². The van der Waals surface area contributed by atoms with E-state index in [4.69, 9.17) is 4.43 Å². The molecule has 0 saturated carbocycles. The third-order valence-corrected chi connectivity index (χ3v) is 9.47. The minimum Gasteiger partial charge on any atom is -0.413 e. The van der Waals surface area contributed by atoms with E-state index in [2.05, 4.69) is 5.32 Å². The number of hydrogen-bond donors (Lipinski definition) is 1. The van der Waals surface area contributed by atoms with Crippen molar-refractivity contribution in [3.05, 3.63) is 95.6 Å². The maximum atomic E-state index is 13.4. The van der Waals surface area contributed by atoms with Crippen molar-refractivity contribution < 1.29 is 35.6 Å². The molecule has 0 aliphatic rings. The lowest BCUT2D eigenvalue weighted by molar-refractivity contribution is -0.143. The van der Waals surface area contributed by atoms with Crippen molar-refractivity contribution in [2.45, 2.75) is 51.1 Å². The van der Waals surface area contributed by atoms with Gasteiger partial charge in [-0.2, -0.15) is 26.3 Å². The number of halogens is 6. The Hall–Kier alpha value is -2.68. The van der Waals surface area contributed by atoms with Crippen LogP contribution in [0.2, 0.25) is 19.6 Å². The van der Waals surface area contributed by atoms with Crippen LogP contribution in [0.15, 0.2) is 78.9 Å². The summed E-state index contributed by atoms with van der Waals surface area (Å²) in [6.07, 6.45) is -10.3. The molecule has 39 heavy (non-hydrogen) atoms. The van der Waals surface area contributed by atoms with E-state index in [1.165, 1.54) is 0 Å². The molecule has 0 aliphatic heterocycles. The Bertz CT molecular complexity index is 1180. The Balaban J connectivity index is 2.02. The molecule has 0 saturated heterocycles. The van der Waals surface area contributed by atoms with Crippen LogP contribution in [-0.4, -0.2) is 32.5 Å². The van der Waals surface area contributed by atoms with Gasteiger partial charge >= 0.3 is 12.4 Å². The van der Waals surface area contributed by atoms with Crippen LogP contribution in [0.3, 0.4) is 0 Å². The molecule has 3 rings (SSSR count). The number of carbonyl (C=O) groups is 1. The molecule has 0 aromatic heterocycles. The lowest BCUT2D eigenvalue weighted by Gasteiger charge is -2.33. The monoisotopic (exact) mass is 585 g/mol. The molecule has 0 fully saturated rings. The van der Waals surface area contributed by atoms with Gasteiger partial charge in [-0.3, -0.25) is 4.79 Å². The number of alkyl halides is 6. The third kappa shape index (κ3) is 8.91. The second-order valence-electron chi connectivity index (χ2n) is 10.1. The first-order chi connectivity index (χ1) is 18.0. The number of amides is 1. The van der Waals surface area contributed by atoms with Crippen LogP contribution in [0.25, 0.3) is 0 Å². The summed E-state index contributed by atoms with van der Waals surface area (Å²) in [5.41, 5.74) is -3.80. The van der Waals surface area contributed by atoms with Gasteiger partial charge in [0.2, 0.25) is 0 Å². The summed E-state index contributed by atoms with van der Waals surface area (Å²) in [5.74, 6) is -1.03. The summed E-state index contributed by atoms with van der Waals surface area (Å²) in [6.45, 7) is 7.64. The van der Waals surface area contributed by atoms with Crippen LogP contribution < -0.4 is 15.9 Å². The molecule has 1 amide bonds. The van der Waals surface area contributed by atoms with E-state index in [1.807, 2.05) is 80.3 Å². The molecular weight excluding hydrogens is 555 g/mol. The van der Waals surface area contributed by atoms with Gasteiger partial charge in [0.25, 0.3) is 5.91 Å². The Morgan fingerprint density at radius 3 is 1.64 bits per heavy atom. The highest BCUT2D eigenvalue weighted by atomic mass is 31.1. The molecule has 11 heteroatoms. The minimum absolute atomic E-state index is 0.00919. The third-order valence-electron chi connectivity index (χ3n) is 5.79. The Kier molecular flexibility index (Phi) is 9.67. The van der Waals surface area contributed by atoms with Crippen molar-refractivity contribution in [3.8, 4) is 0 Å². The molecule has 0 spiro atoms. The smallest absolute Gasteiger partial charge is 0.413 e. The second-order valence-corrected chi connectivity index (χ2v) is 16.8. The van der Waals surface area contributed by atoms with Gasteiger partial charge in [0.15, 0.2) is 8.32 Å². The highest BCUT2D eigenvalue weighted by Gasteiger charge is 2.38. The lowest BCUT2D eigenvalue weighted by Crippen LogP contribution is -2.49. The average Bonchev–Trinajstić information content (AvgIpc) is 2.85. The van der Waals surface area contributed by atoms with Gasteiger partial charge in [-0.05, 0) is 69.5 Å². The molecular formula is C28H30F6NO2PSi. The quantitative estimate of drug-likeness (QED) is 0.164. The Morgan fingerprint density at radius 1 is 0.821 bits per heavy atom. The average molecular weight is 586 g/mol. The van der Waals surface area contributed by atoms with Crippen LogP contribution in [-0.2, 0) is 16.8 Å². The number of nitrogens with one attached hydrogen (secondary N) is 1. The number of benzene rings is 3. The highest BCUT2D eigenvalue weighted by Crippen LogP contribution is 2.37. The van der Waals surface area contributed by atoms with Crippen molar-refractivity contribution in [1.29, 1.82) is 0 Å². The van der Waals surface area contributed by atoms with E-state index in [9.17, 15) is 31.1 Å². The number of carbonyl (C=O) groups excluding carboxylic acids is 1. The first-order valence-corrected chi connectivity index (χ1v) is 17.1. The summed E-state index contributed by atoms with van der Waals surface area (Å²) in [5, 5.41) is 4.74. The SMILES string of the molecule is C[C@@H](O[Si](C)(C)C)[C@@H](CP(c1ccccc1)c1ccccc1)NC(=O)c1cc(C(F)(F)F)cc(C(F)(F)F)c1. The fraction of sp³-hybridized carbons (Fsp3) is 0.321. The molecule has 1 N–H and O–H groups in total. The van der Waals surface area contributed by atoms with Gasteiger partial charge in [-0.15, -0.1) is 0 Å². The molecule has 3 aromatic carbocycles. The minimum atomic E-state index is -5.06. The molecule has 210 valence electrons. The molecule has 0 radical (unpaired) electrons. The maximum Gasteiger partial charge on any atom is 0.416 e. The first kappa shape index (κ1) is 30.9. The Labute approximate surface area is 226 Å². The lowest BCUT2D eigenvalue weighted by atomic mass is 10.0. The van der Waals surface area contributed by atoms with E-state index in [0.29, 0.717) is 18.3 Å². The van der Waals surface area contributed by atoms with E-state index in [-0.39, 0.29) is 6.07 Å². The van der Waals surface area contributed by atoms with Crippen molar-refractivity contribution >= 4 is 32.8 Å². The Morgan fingerprint density at radius 2 is 1.26 bits per heavy atom.